The van der Waals surface area contributed by atoms with Crippen molar-refractivity contribution in [3.63, 3.8) is 0 Å². The van der Waals surface area contributed by atoms with Gasteiger partial charge < -0.3 is 0 Å². The number of hydrogen-bond donors (Lipinski definition) is 0. The van der Waals surface area contributed by atoms with Gasteiger partial charge in [0.25, 0.3) is 0 Å². The summed E-state index contributed by atoms with van der Waals surface area (Å²) in [5.41, 5.74) is 0. The molecule has 4 nitrogen and oxygen atoms in total. The van der Waals surface area contributed by atoms with Gasteiger partial charge >= 0.3 is 7.82 Å². The number of phosphoric acid groups is 1. The highest BCUT2D eigenvalue weighted by Crippen LogP contribution is 2.49. The number of phosphoric ester groups is 1. The van der Waals surface area contributed by atoms with E-state index in [2.05, 4.69) is 13.2 Å². The van der Waals surface area contributed by atoms with Gasteiger partial charge in [-0.25, -0.2) is 4.57 Å². The summed E-state index contributed by atoms with van der Waals surface area (Å²) in [4.78, 5) is 0. The Kier molecular flexibility index (Phi) is 7.71. The minimum Gasteiger partial charge on any atom is -0.287 e. The van der Waals surface area contributed by atoms with Crippen LogP contribution in [-0.4, -0.2) is 19.8 Å². The average molecular weight is 220 g/mol. The zero-order chi connectivity index (χ0) is 10.9. The molecule has 0 aromatic carbocycles. The van der Waals surface area contributed by atoms with Crippen molar-refractivity contribution in [2.75, 3.05) is 19.8 Å². The molecule has 0 heterocycles. The molecule has 82 valence electrons. The van der Waals surface area contributed by atoms with Crippen molar-refractivity contribution < 1.29 is 18.1 Å². The van der Waals surface area contributed by atoms with E-state index in [4.69, 9.17) is 13.6 Å². The lowest BCUT2D eigenvalue weighted by molar-refractivity contribution is 0.131. The average Bonchev–Trinajstić information content (AvgIpc) is 2.21. The lowest BCUT2D eigenvalue weighted by Gasteiger charge is -2.15. The van der Waals surface area contributed by atoms with Crippen LogP contribution in [0.1, 0.15) is 13.3 Å². The third kappa shape index (κ3) is 6.11. The normalized spacial score (nSPS) is 11.2. The highest BCUT2D eigenvalue weighted by atomic mass is 31.2. The monoisotopic (exact) mass is 220 g/mol. The van der Waals surface area contributed by atoms with Gasteiger partial charge in [0.2, 0.25) is 0 Å². The molecule has 0 spiro atoms. The predicted molar refractivity (Wildman–Crippen MR) is 56.1 cm³/mol. The zero-order valence-corrected chi connectivity index (χ0v) is 9.37. The molecule has 0 amide bonds. The van der Waals surface area contributed by atoms with Crippen molar-refractivity contribution in [1.29, 1.82) is 0 Å². The van der Waals surface area contributed by atoms with Crippen LogP contribution in [0.2, 0.25) is 0 Å². The van der Waals surface area contributed by atoms with Crippen molar-refractivity contribution in [1.82, 2.24) is 0 Å². The van der Waals surface area contributed by atoms with Crippen LogP contribution in [0.15, 0.2) is 25.3 Å². The van der Waals surface area contributed by atoms with Crippen molar-refractivity contribution in [3.8, 4) is 0 Å². The van der Waals surface area contributed by atoms with Gasteiger partial charge in [0, 0.05) is 0 Å². The Bertz CT molecular complexity index is 199. The van der Waals surface area contributed by atoms with Crippen molar-refractivity contribution in [3.05, 3.63) is 25.3 Å². The van der Waals surface area contributed by atoms with Crippen molar-refractivity contribution in [2.24, 2.45) is 0 Å². The largest absolute Gasteiger partial charge is 0.475 e. The quantitative estimate of drug-likeness (QED) is 0.442. The molecule has 0 saturated carbocycles. The third-order valence-corrected chi connectivity index (χ3v) is 2.58. The van der Waals surface area contributed by atoms with Crippen LogP contribution in [0, 0.1) is 0 Å². The standard InChI is InChI=1S/C9H17O4P/c1-4-7-11-14(10,12-8-5-2)13-9-6-3/h4-5H,1-2,6-9H2,3H3. The van der Waals surface area contributed by atoms with Gasteiger partial charge in [0.1, 0.15) is 0 Å². The molecule has 0 fully saturated rings. The van der Waals surface area contributed by atoms with E-state index < -0.39 is 7.82 Å². The maximum Gasteiger partial charge on any atom is 0.475 e. The molecule has 0 aromatic rings. The molecular weight excluding hydrogens is 203 g/mol. The molecule has 0 bridgehead atoms. The molecule has 0 unspecified atom stereocenters. The Labute approximate surface area is 85.2 Å². The smallest absolute Gasteiger partial charge is 0.287 e. The Morgan fingerprint density at radius 2 is 1.64 bits per heavy atom. The summed E-state index contributed by atoms with van der Waals surface area (Å²) in [5.74, 6) is 0. The SMILES string of the molecule is C=CCOP(=O)(OCC=C)OCCC. The van der Waals surface area contributed by atoms with Crippen LogP contribution < -0.4 is 0 Å². The van der Waals surface area contributed by atoms with Crippen LogP contribution in [0.3, 0.4) is 0 Å². The zero-order valence-electron chi connectivity index (χ0n) is 8.48. The highest BCUT2D eigenvalue weighted by Gasteiger charge is 2.24. The second-order valence-electron chi connectivity index (χ2n) is 2.45. The van der Waals surface area contributed by atoms with E-state index in [1.165, 1.54) is 12.2 Å². The maximum atomic E-state index is 11.7. The van der Waals surface area contributed by atoms with Gasteiger partial charge in [-0.15, -0.1) is 13.2 Å². The maximum absolute atomic E-state index is 11.7. The Balaban J connectivity index is 4.09. The molecule has 0 saturated heterocycles. The molecule has 0 aromatic heterocycles. The Hall–Kier alpha value is -0.410. The first-order valence-electron chi connectivity index (χ1n) is 4.44. The molecule has 0 aliphatic heterocycles. The van der Waals surface area contributed by atoms with E-state index >= 15 is 0 Å². The van der Waals surface area contributed by atoms with Crippen LogP contribution >= 0.6 is 7.82 Å². The van der Waals surface area contributed by atoms with E-state index in [1.807, 2.05) is 6.92 Å². The topological polar surface area (TPSA) is 44.8 Å². The summed E-state index contributed by atoms with van der Waals surface area (Å²) in [7, 11) is -3.41. The minimum atomic E-state index is -3.41. The van der Waals surface area contributed by atoms with E-state index in [-0.39, 0.29) is 13.2 Å². The molecule has 0 N–H and O–H groups in total. The molecule has 0 aliphatic rings. The molecule has 0 atom stereocenters. The molecule has 0 rings (SSSR count). The molecule has 0 radical (unpaired) electrons. The highest BCUT2D eigenvalue weighted by molar-refractivity contribution is 7.48. The fourth-order valence-electron chi connectivity index (χ4n) is 0.603. The van der Waals surface area contributed by atoms with Crippen LogP contribution in [0.5, 0.6) is 0 Å². The van der Waals surface area contributed by atoms with Gasteiger partial charge in [-0.3, -0.25) is 13.6 Å². The van der Waals surface area contributed by atoms with Gasteiger partial charge in [0.05, 0.1) is 19.8 Å². The van der Waals surface area contributed by atoms with Crippen LogP contribution in [0.25, 0.3) is 0 Å². The molecule has 14 heavy (non-hydrogen) atoms. The third-order valence-electron chi connectivity index (χ3n) is 1.15. The number of rotatable bonds is 9. The summed E-state index contributed by atoms with van der Waals surface area (Å²) in [6.07, 6.45) is 3.72. The van der Waals surface area contributed by atoms with Gasteiger partial charge in [0.15, 0.2) is 0 Å². The summed E-state index contributed by atoms with van der Waals surface area (Å²) in [6, 6.07) is 0. The van der Waals surface area contributed by atoms with E-state index in [1.54, 1.807) is 0 Å². The first-order chi connectivity index (χ1) is 6.68. The second-order valence-corrected chi connectivity index (χ2v) is 4.12. The van der Waals surface area contributed by atoms with E-state index in [9.17, 15) is 4.57 Å². The second kappa shape index (κ2) is 7.94. The predicted octanol–water partition coefficient (Wildman–Crippen LogP) is 2.93. The summed E-state index contributed by atoms with van der Waals surface area (Å²) in [5, 5.41) is 0. The van der Waals surface area contributed by atoms with Crippen LogP contribution in [0.4, 0.5) is 0 Å². The Morgan fingerprint density at radius 1 is 1.14 bits per heavy atom. The van der Waals surface area contributed by atoms with Crippen LogP contribution in [-0.2, 0) is 18.1 Å². The Morgan fingerprint density at radius 3 is 2.00 bits per heavy atom. The first-order valence-corrected chi connectivity index (χ1v) is 5.90. The molecule has 5 heteroatoms. The van der Waals surface area contributed by atoms with Gasteiger partial charge in [-0.2, -0.15) is 0 Å². The lowest BCUT2D eigenvalue weighted by atomic mass is 10.5. The summed E-state index contributed by atoms with van der Waals surface area (Å²) < 4.78 is 26.6. The summed E-state index contributed by atoms with van der Waals surface area (Å²) in [6.45, 7) is 9.41. The lowest BCUT2D eigenvalue weighted by Crippen LogP contribution is -2.01. The molecular formula is C9H17O4P. The molecule has 0 aliphatic carbocycles. The van der Waals surface area contributed by atoms with Crippen molar-refractivity contribution >= 4 is 7.82 Å². The van der Waals surface area contributed by atoms with Gasteiger partial charge in [-0.05, 0) is 6.42 Å². The number of hydrogen-bond acceptors (Lipinski definition) is 4. The van der Waals surface area contributed by atoms with E-state index in [0.717, 1.165) is 6.42 Å². The van der Waals surface area contributed by atoms with Gasteiger partial charge in [-0.1, -0.05) is 19.1 Å². The fraction of sp³-hybridized carbons (Fsp3) is 0.556. The first kappa shape index (κ1) is 13.6. The fourth-order valence-corrected chi connectivity index (χ4v) is 1.81. The minimum absolute atomic E-state index is 0.137. The summed E-state index contributed by atoms with van der Waals surface area (Å²) >= 11 is 0. The van der Waals surface area contributed by atoms with Crippen molar-refractivity contribution in [2.45, 2.75) is 13.3 Å². The van der Waals surface area contributed by atoms with E-state index in [0.29, 0.717) is 6.61 Å².